The number of rotatable bonds is 8. The second-order valence-electron chi connectivity index (χ2n) is 9.60. The van der Waals surface area contributed by atoms with E-state index in [0.717, 1.165) is 0 Å². The van der Waals surface area contributed by atoms with Crippen molar-refractivity contribution in [2.45, 2.75) is 71.6 Å². The number of nitrogens with one attached hydrogen (secondary N) is 4. The van der Waals surface area contributed by atoms with E-state index in [1.54, 1.807) is 41.5 Å². The summed E-state index contributed by atoms with van der Waals surface area (Å²) in [4.78, 5) is 61.5. The predicted octanol–water partition coefficient (Wildman–Crippen LogP) is 0.259. The molecule has 1 fully saturated rings. The normalized spacial score (nSPS) is 15.9. The van der Waals surface area contributed by atoms with Crippen LogP contribution in [0.3, 0.4) is 0 Å². The average molecular weight is 472 g/mol. The molecule has 1 aliphatic heterocycles. The van der Waals surface area contributed by atoms with E-state index in [0.29, 0.717) is 19.4 Å². The van der Waals surface area contributed by atoms with Crippen LogP contribution in [0.1, 0.15) is 54.4 Å². The fraction of sp³-hybridized carbons (Fsp3) is 0.762. The van der Waals surface area contributed by atoms with E-state index in [9.17, 15) is 24.0 Å². The van der Waals surface area contributed by atoms with Crippen LogP contribution in [-0.4, -0.2) is 84.8 Å². The Morgan fingerprint density at radius 2 is 1.33 bits per heavy atom. The molecule has 188 valence electrons. The van der Waals surface area contributed by atoms with Gasteiger partial charge in [-0.05, 0) is 54.4 Å². The molecule has 1 heterocycles. The van der Waals surface area contributed by atoms with Gasteiger partial charge in [-0.15, -0.1) is 0 Å². The van der Waals surface area contributed by atoms with Gasteiger partial charge in [-0.1, -0.05) is 0 Å². The molecule has 12 nitrogen and oxygen atoms in total. The van der Waals surface area contributed by atoms with Crippen LogP contribution in [0.25, 0.3) is 0 Å². The molecule has 0 aliphatic carbocycles. The number of hydrogen-bond acceptors (Lipinski definition) is 7. The zero-order chi connectivity index (χ0) is 25.2. The van der Waals surface area contributed by atoms with Gasteiger partial charge in [-0.25, -0.2) is 9.59 Å². The van der Waals surface area contributed by atoms with Gasteiger partial charge in [0.05, 0.1) is 6.54 Å². The van der Waals surface area contributed by atoms with Crippen molar-refractivity contribution in [1.29, 1.82) is 0 Å². The van der Waals surface area contributed by atoms with Crippen molar-refractivity contribution in [2.24, 2.45) is 0 Å². The summed E-state index contributed by atoms with van der Waals surface area (Å²) < 4.78 is 10.2. The third-order valence-electron chi connectivity index (χ3n) is 4.20. The van der Waals surface area contributed by atoms with Gasteiger partial charge in [0, 0.05) is 19.6 Å². The minimum Gasteiger partial charge on any atom is -0.444 e. The average Bonchev–Trinajstić information content (AvgIpc) is 3.15. The number of alkyl carbamates (subject to hydrolysis) is 2. The Balaban J connectivity index is 2.34. The van der Waals surface area contributed by atoms with Crippen molar-refractivity contribution < 1.29 is 33.4 Å². The first-order valence-electron chi connectivity index (χ1n) is 11.0. The highest BCUT2D eigenvalue weighted by molar-refractivity contribution is 5.92. The fourth-order valence-electron chi connectivity index (χ4n) is 2.93. The standard InChI is InChI=1S/C21H37N5O7/c1-20(2,3)32-18(30)23-10-9-22-15(27)12-24-17(29)14-8-7-11-26(14)16(28)13-25-19(31)33-21(4,5)6/h14H,7-13H2,1-6H3,(H,22,27)(H,23,30)(H,24,29)(H,25,31)/t14-/m0/s1. The third-order valence-corrected chi connectivity index (χ3v) is 4.20. The van der Waals surface area contributed by atoms with Gasteiger partial charge < -0.3 is 35.6 Å². The predicted molar refractivity (Wildman–Crippen MR) is 119 cm³/mol. The maximum atomic E-state index is 12.5. The van der Waals surface area contributed by atoms with Gasteiger partial charge in [-0.2, -0.15) is 0 Å². The van der Waals surface area contributed by atoms with Crippen molar-refractivity contribution >= 4 is 29.9 Å². The molecule has 33 heavy (non-hydrogen) atoms. The van der Waals surface area contributed by atoms with Crippen LogP contribution in [-0.2, 0) is 23.9 Å². The van der Waals surface area contributed by atoms with Crippen molar-refractivity contribution in [3.63, 3.8) is 0 Å². The molecule has 1 saturated heterocycles. The van der Waals surface area contributed by atoms with Crippen LogP contribution in [0.5, 0.6) is 0 Å². The SMILES string of the molecule is CC(C)(C)OC(=O)NCCNC(=O)CNC(=O)[C@@H]1CCCN1C(=O)CNC(=O)OC(C)(C)C. The summed E-state index contributed by atoms with van der Waals surface area (Å²) in [5.74, 6) is -1.28. The first kappa shape index (κ1) is 28.0. The van der Waals surface area contributed by atoms with Crippen LogP contribution in [0.4, 0.5) is 9.59 Å². The molecule has 0 aromatic rings. The minimum atomic E-state index is -0.714. The number of amides is 5. The van der Waals surface area contributed by atoms with Crippen LogP contribution in [0, 0.1) is 0 Å². The van der Waals surface area contributed by atoms with E-state index in [1.165, 1.54) is 4.90 Å². The van der Waals surface area contributed by atoms with Crippen molar-refractivity contribution in [1.82, 2.24) is 26.2 Å². The molecular weight excluding hydrogens is 434 g/mol. The molecule has 5 amide bonds. The van der Waals surface area contributed by atoms with Gasteiger partial charge in [0.15, 0.2) is 0 Å². The lowest BCUT2D eigenvalue weighted by Gasteiger charge is -2.25. The summed E-state index contributed by atoms with van der Waals surface area (Å²) in [5.41, 5.74) is -1.30. The van der Waals surface area contributed by atoms with E-state index in [-0.39, 0.29) is 26.2 Å². The van der Waals surface area contributed by atoms with E-state index in [2.05, 4.69) is 21.3 Å². The topological polar surface area (TPSA) is 155 Å². The molecule has 0 unspecified atom stereocenters. The molecule has 0 spiro atoms. The number of ether oxygens (including phenoxy) is 2. The van der Waals surface area contributed by atoms with Crippen molar-refractivity contribution in [2.75, 3.05) is 32.7 Å². The largest absolute Gasteiger partial charge is 0.444 e. The van der Waals surface area contributed by atoms with Crippen LogP contribution in [0.15, 0.2) is 0 Å². The Morgan fingerprint density at radius 3 is 1.91 bits per heavy atom. The molecule has 0 saturated carbocycles. The van der Waals surface area contributed by atoms with Crippen molar-refractivity contribution in [3.05, 3.63) is 0 Å². The maximum absolute atomic E-state index is 12.5. The number of carbonyl (C=O) groups is 5. The Hall–Kier alpha value is -3.05. The van der Waals surface area contributed by atoms with Crippen molar-refractivity contribution in [3.8, 4) is 0 Å². The monoisotopic (exact) mass is 471 g/mol. The summed E-state index contributed by atoms with van der Waals surface area (Å²) in [6.07, 6.45) is -0.199. The van der Waals surface area contributed by atoms with Gasteiger partial charge in [0.1, 0.15) is 23.8 Å². The maximum Gasteiger partial charge on any atom is 0.408 e. The van der Waals surface area contributed by atoms with E-state index in [1.807, 2.05) is 0 Å². The van der Waals surface area contributed by atoms with Gasteiger partial charge in [0.2, 0.25) is 17.7 Å². The molecule has 12 heteroatoms. The highest BCUT2D eigenvalue weighted by Crippen LogP contribution is 2.17. The molecular formula is C21H37N5O7. The lowest BCUT2D eigenvalue weighted by molar-refractivity contribution is -0.138. The fourth-order valence-corrected chi connectivity index (χ4v) is 2.93. The number of nitrogens with zero attached hydrogens (tertiary/aromatic N) is 1. The molecule has 4 N–H and O–H groups in total. The lowest BCUT2D eigenvalue weighted by Crippen LogP contribution is -2.50. The van der Waals surface area contributed by atoms with Crippen LogP contribution in [0.2, 0.25) is 0 Å². The Labute approximate surface area is 194 Å². The summed E-state index contributed by atoms with van der Waals surface area (Å²) in [7, 11) is 0. The molecule has 0 radical (unpaired) electrons. The van der Waals surface area contributed by atoms with Gasteiger partial charge in [-0.3, -0.25) is 14.4 Å². The zero-order valence-corrected chi connectivity index (χ0v) is 20.3. The highest BCUT2D eigenvalue weighted by Gasteiger charge is 2.34. The van der Waals surface area contributed by atoms with E-state index < -0.39 is 47.2 Å². The Morgan fingerprint density at radius 1 is 0.788 bits per heavy atom. The summed E-state index contributed by atoms with van der Waals surface area (Å²) in [6.45, 7) is 10.5. The summed E-state index contributed by atoms with van der Waals surface area (Å²) in [6, 6.07) is -0.709. The smallest absolute Gasteiger partial charge is 0.408 e. The Bertz CT molecular complexity index is 727. The van der Waals surface area contributed by atoms with Gasteiger partial charge in [0.25, 0.3) is 0 Å². The van der Waals surface area contributed by atoms with E-state index in [4.69, 9.17) is 9.47 Å². The Kier molecular flexibility index (Phi) is 10.4. The van der Waals surface area contributed by atoms with Gasteiger partial charge >= 0.3 is 12.2 Å². The summed E-state index contributed by atoms with van der Waals surface area (Å²) >= 11 is 0. The quantitative estimate of drug-likeness (QED) is 0.370. The molecule has 0 aromatic carbocycles. The first-order valence-corrected chi connectivity index (χ1v) is 11.0. The molecule has 1 aliphatic rings. The second-order valence-corrected chi connectivity index (χ2v) is 9.60. The summed E-state index contributed by atoms with van der Waals surface area (Å²) in [5, 5.41) is 9.98. The molecule has 1 rings (SSSR count). The first-order chi connectivity index (χ1) is 15.2. The van der Waals surface area contributed by atoms with Crippen LogP contribution < -0.4 is 21.3 Å². The molecule has 0 aromatic heterocycles. The zero-order valence-electron chi connectivity index (χ0n) is 20.3. The third kappa shape index (κ3) is 11.9. The van der Waals surface area contributed by atoms with E-state index >= 15 is 0 Å². The van der Waals surface area contributed by atoms with Crippen LogP contribution >= 0.6 is 0 Å². The minimum absolute atomic E-state index is 0.165. The highest BCUT2D eigenvalue weighted by atomic mass is 16.6. The second kappa shape index (κ2) is 12.3. The number of hydrogen-bond donors (Lipinski definition) is 4. The molecule has 0 bridgehead atoms. The lowest BCUT2D eigenvalue weighted by atomic mass is 10.2. The molecule has 1 atom stereocenters. The number of likely N-dealkylation sites (tertiary alicyclic amines) is 1. The number of carbonyl (C=O) groups excluding carboxylic acids is 5.